The lowest BCUT2D eigenvalue weighted by Gasteiger charge is -2.18. The Morgan fingerprint density at radius 2 is 1.55 bits per heavy atom. The average Bonchev–Trinajstić information content (AvgIpc) is 2.14. The molecule has 0 aromatic carbocycles. The van der Waals surface area contributed by atoms with Crippen molar-refractivity contribution in [2.45, 2.75) is 38.5 Å². The van der Waals surface area contributed by atoms with Crippen LogP contribution in [-0.4, -0.2) is 25.5 Å². The predicted octanol–water partition coefficient (Wildman–Crippen LogP) is 2.52. The second-order valence-electron chi connectivity index (χ2n) is 4.12. The molecule has 0 aromatic rings. The maximum absolute atomic E-state index is 2.33. The van der Waals surface area contributed by atoms with Gasteiger partial charge in [0.2, 0.25) is 0 Å². The molecule has 0 spiro atoms. The second-order valence-corrected chi connectivity index (χ2v) is 4.12. The average molecular weight is 155 g/mol. The zero-order valence-electron chi connectivity index (χ0n) is 7.97. The molecule has 1 aliphatic carbocycles. The molecule has 0 amide bonds. The highest BCUT2D eigenvalue weighted by molar-refractivity contribution is 4.66. The first-order valence-corrected chi connectivity index (χ1v) is 4.94. The first-order valence-electron chi connectivity index (χ1n) is 4.94. The van der Waals surface area contributed by atoms with E-state index in [1.807, 2.05) is 0 Å². The zero-order valence-corrected chi connectivity index (χ0v) is 7.97. The van der Waals surface area contributed by atoms with Gasteiger partial charge in [-0.25, -0.2) is 0 Å². The van der Waals surface area contributed by atoms with Gasteiger partial charge < -0.3 is 4.90 Å². The first-order chi connectivity index (χ1) is 5.29. The van der Waals surface area contributed by atoms with Gasteiger partial charge in [0, 0.05) is 6.54 Å². The van der Waals surface area contributed by atoms with Crippen molar-refractivity contribution < 1.29 is 0 Å². The molecular weight excluding hydrogens is 134 g/mol. The number of rotatable bonds is 2. The van der Waals surface area contributed by atoms with Crippen molar-refractivity contribution in [1.82, 2.24) is 4.90 Å². The van der Waals surface area contributed by atoms with Crippen LogP contribution in [0.25, 0.3) is 0 Å². The molecule has 0 N–H and O–H groups in total. The molecule has 1 aliphatic rings. The molecular formula is C10H21N. The largest absolute Gasteiger partial charge is 0.309 e. The van der Waals surface area contributed by atoms with Gasteiger partial charge in [-0.2, -0.15) is 0 Å². The van der Waals surface area contributed by atoms with E-state index in [1.54, 1.807) is 0 Å². The molecule has 0 heterocycles. The van der Waals surface area contributed by atoms with Crippen LogP contribution in [0.4, 0.5) is 0 Å². The van der Waals surface area contributed by atoms with Crippen LogP contribution >= 0.6 is 0 Å². The van der Waals surface area contributed by atoms with E-state index in [0.29, 0.717) is 0 Å². The van der Waals surface area contributed by atoms with Crippen molar-refractivity contribution >= 4 is 0 Å². The standard InChI is InChI=1S/C10H21N/c1-11(2)9-10-7-5-3-4-6-8-10/h10H,3-9H2,1-2H3. The van der Waals surface area contributed by atoms with Gasteiger partial charge in [-0.15, -0.1) is 0 Å². The van der Waals surface area contributed by atoms with Crippen LogP contribution in [0.3, 0.4) is 0 Å². The Bertz CT molecular complexity index is 91.0. The van der Waals surface area contributed by atoms with Crippen molar-refractivity contribution in [1.29, 1.82) is 0 Å². The molecule has 11 heavy (non-hydrogen) atoms. The van der Waals surface area contributed by atoms with Gasteiger partial charge in [0.25, 0.3) is 0 Å². The minimum Gasteiger partial charge on any atom is -0.309 e. The highest BCUT2D eigenvalue weighted by atomic mass is 15.1. The molecule has 1 rings (SSSR count). The molecule has 1 fully saturated rings. The van der Waals surface area contributed by atoms with E-state index < -0.39 is 0 Å². The van der Waals surface area contributed by atoms with Gasteiger partial charge in [-0.05, 0) is 32.9 Å². The summed E-state index contributed by atoms with van der Waals surface area (Å²) in [6.07, 6.45) is 8.83. The lowest BCUT2D eigenvalue weighted by Crippen LogP contribution is -2.21. The van der Waals surface area contributed by atoms with Gasteiger partial charge in [0.05, 0.1) is 0 Å². The topological polar surface area (TPSA) is 3.24 Å². The van der Waals surface area contributed by atoms with E-state index in [-0.39, 0.29) is 0 Å². The summed E-state index contributed by atoms with van der Waals surface area (Å²) in [5.74, 6) is 0.993. The summed E-state index contributed by atoms with van der Waals surface area (Å²) in [6.45, 7) is 1.31. The molecule has 0 radical (unpaired) electrons. The van der Waals surface area contributed by atoms with Crippen molar-refractivity contribution in [2.75, 3.05) is 20.6 Å². The Hall–Kier alpha value is -0.0400. The quantitative estimate of drug-likeness (QED) is 0.554. The first kappa shape index (κ1) is 9.05. The highest BCUT2D eigenvalue weighted by Crippen LogP contribution is 2.22. The second kappa shape index (κ2) is 4.76. The van der Waals surface area contributed by atoms with E-state index in [4.69, 9.17) is 0 Å². The van der Waals surface area contributed by atoms with Gasteiger partial charge in [0.1, 0.15) is 0 Å². The molecule has 0 atom stereocenters. The fraction of sp³-hybridized carbons (Fsp3) is 1.00. The summed E-state index contributed by atoms with van der Waals surface area (Å²) < 4.78 is 0. The van der Waals surface area contributed by atoms with Crippen LogP contribution in [0.15, 0.2) is 0 Å². The summed E-state index contributed by atoms with van der Waals surface area (Å²) in [5, 5.41) is 0. The molecule has 66 valence electrons. The fourth-order valence-corrected chi connectivity index (χ4v) is 2.06. The summed E-state index contributed by atoms with van der Waals surface area (Å²) in [6, 6.07) is 0. The molecule has 0 bridgehead atoms. The smallest absolute Gasteiger partial charge is 0.000356 e. The SMILES string of the molecule is CN(C)CC1CCCCCC1. The normalized spacial score (nSPS) is 22.1. The molecule has 0 aromatic heterocycles. The van der Waals surface area contributed by atoms with Crippen LogP contribution < -0.4 is 0 Å². The summed E-state index contributed by atoms with van der Waals surface area (Å²) >= 11 is 0. The number of nitrogens with zero attached hydrogens (tertiary/aromatic N) is 1. The van der Waals surface area contributed by atoms with Gasteiger partial charge in [-0.3, -0.25) is 0 Å². The molecule has 0 aliphatic heterocycles. The van der Waals surface area contributed by atoms with E-state index in [2.05, 4.69) is 19.0 Å². The third-order valence-corrected chi connectivity index (χ3v) is 2.60. The Kier molecular flexibility index (Phi) is 3.92. The summed E-state index contributed by atoms with van der Waals surface area (Å²) in [7, 11) is 4.37. The number of hydrogen-bond acceptors (Lipinski definition) is 1. The third-order valence-electron chi connectivity index (χ3n) is 2.60. The fourth-order valence-electron chi connectivity index (χ4n) is 2.06. The van der Waals surface area contributed by atoms with Crippen molar-refractivity contribution in [2.24, 2.45) is 5.92 Å². The Labute approximate surface area is 70.8 Å². The molecule has 1 nitrogen and oxygen atoms in total. The molecule has 1 heteroatoms. The summed E-state index contributed by atoms with van der Waals surface area (Å²) in [5.41, 5.74) is 0. The highest BCUT2D eigenvalue weighted by Gasteiger charge is 2.12. The van der Waals surface area contributed by atoms with Crippen LogP contribution in [0.1, 0.15) is 38.5 Å². The lowest BCUT2D eigenvalue weighted by atomic mass is 10.0. The van der Waals surface area contributed by atoms with Gasteiger partial charge in [0.15, 0.2) is 0 Å². The van der Waals surface area contributed by atoms with E-state index in [0.717, 1.165) is 5.92 Å². The van der Waals surface area contributed by atoms with E-state index in [1.165, 1.54) is 45.1 Å². The van der Waals surface area contributed by atoms with Gasteiger partial charge in [-0.1, -0.05) is 25.7 Å². The minimum atomic E-state index is 0.993. The van der Waals surface area contributed by atoms with Crippen molar-refractivity contribution in [3.63, 3.8) is 0 Å². The Morgan fingerprint density at radius 3 is 2.00 bits per heavy atom. The molecule has 1 saturated carbocycles. The van der Waals surface area contributed by atoms with Gasteiger partial charge >= 0.3 is 0 Å². The monoisotopic (exact) mass is 155 g/mol. The number of hydrogen-bond donors (Lipinski definition) is 0. The van der Waals surface area contributed by atoms with Crippen LogP contribution in [0.2, 0.25) is 0 Å². The third kappa shape index (κ3) is 3.76. The van der Waals surface area contributed by atoms with Crippen LogP contribution in [-0.2, 0) is 0 Å². The zero-order chi connectivity index (χ0) is 8.10. The van der Waals surface area contributed by atoms with Crippen LogP contribution in [0, 0.1) is 5.92 Å². The Balaban J connectivity index is 2.20. The van der Waals surface area contributed by atoms with Crippen molar-refractivity contribution in [3.8, 4) is 0 Å². The van der Waals surface area contributed by atoms with Crippen molar-refractivity contribution in [3.05, 3.63) is 0 Å². The van der Waals surface area contributed by atoms with E-state index >= 15 is 0 Å². The molecule has 0 unspecified atom stereocenters. The lowest BCUT2D eigenvalue weighted by molar-refractivity contribution is 0.302. The predicted molar refractivity (Wildman–Crippen MR) is 49.7 cm³/mol. The minimum absolute atomic E-state index is 0.993. The van der Waals surface area contributed by atoms with E-state index in [9.17, 15) is 0 Å². The maximum atomic E-state index is 2.33. The Morgan fingerprint density at radius 1 is 1.00 bits per heavy atom. The maximum Gasteiger partial charge on any atom is 0.000356 e. The molecule has 0 saturated heterocycles. The summed E-state index contributed by atoms with van der Waals surface area (Å²) in [4.78, 5) is 2.33. The van der Waals surface area contributed by atoms with Crippen LogP contribution in [0.5, 0.6) is 0 Å².